The van der Waals surface area contributed by atoms with Crippen molar-refractivity contribution in [1.82, 2.24) is 0 Å². The van der Waals surface area contributed by atoms with Crippen LogP contribution in [-0.2, 0) is 9.53 Å². The molecule has 0 radical (unpaired) electrons. The van der Waals surface area contributed by atoms with E-state index in [1.165, 1.54) is 83.5 Å². The molecule has 0 amide bonds. The van der Waals surface area contributed by atoms with Crippen LogP contribution in [0, 0.1) is 5.92 Å². The van der Waals surface area contributed by atoms with E-state index in [0.29, 0.717) is 6.42 Å². The summed E-state index contributed by atoms with van der Waals surface area (Å²) in [6, 6.07) is 0. The topological polar surface area (TPSA) is 26.3 Å². The molecule has 2 nitrogen and oxygen atoms in total. The SMILES string of the molecule is CCCCCCCCCCCC(CCC)OC(=O)CCC1CCCC1. The Morgan fingerprint density at radius 1 is 0.840 bits per heavy atom. The average Bonchev–Trinajstić information content (AvgIpc) is 3.12. The molecule has 0 spiro atoms. The van der Waals surface area contributed by atoms with Crippen molar-refractivity contribution in [2.75, 3.05) is 0 Å². The molecule has 25 heavy (non-hydrogen) atoms. The van der Waals surface area contributed by atoms with Crippen molar-refractivity contribution >= 4 is 5.97 Å². The Balaban J connectivity index is 2.03. The minimum Gasteiger partial charge on any atom is -0.462 e. The molecule has 148 valence electrons. The van der Waals surface area contributed by atoms with E-state index >= 15 is 0 Å². The maximum absolute atomic E-state index is 12.1. The van der Waals surface area contributed by atoms with Crippen LogP contribution in [0.1, 0.15) is 129 Å². The molecule has 0 aliphatic heterocycles. The zero-order valence-electron chi connectivity index (χ0n) is 17.2. The predicted molar refractivity (Wildman–Crippen MR) is 108 cm³/mol. The molecule has 1 aliphatic rings. The number of carbonyl (C=O) groups excluding carboxylic acids is 1. The van der Waals surface area contributed by atoms with Crippen LogP contribution in [0.2, 0.25) is 0 Å². The molecule has 1 fully saturated rings. The summed E-state index contributed by atoms with van der Waals surface area (Å²) >= 11 is 0. The molecule has 1 rings (SSSR count). The van der Waals surface area contributed by atoms with Gasteiger partial charge in [0.05, 0.1) is 0 Å². The lowest BCUT2D eigenvalue weighted by Crippen LogP contribution is -2.18. The molecule has 0 N–H and O–H groups in total. The zero-order valence-corrected chi connectivity index (χ0v) is 17.2. The quantitative estimate of drug-likeness (QED) is 0.211. The summed E-state index contributed by atoms with van der Waals surface area (Å²) in [6.07, 6.45) is 22.6. The maximum Gasteiger partial charge on any atom is 0.306 e. The molecule has 0 aromatic rings. The standard InChI is InChI=1S/C23H44O2/c1-3-5-6-7-8-9-10-11-12-18-22(15-4-2)25-23(24)20-19-21-16-13-14-17-21/h21-22H,3-20H2,1-2H3. The van der Waals surface area contributed by atoms with Crippen LogP contribution in [0.15, 0.2) is 0 Å². The average molecular weight is 353 g/mol. The molecule has 0 heterocycles. The van der Waals surface area contributed by atoms with Gasteiger partial charge in [0.25, 0.3) is 0 Å². The number of hydrogen-bond acceptors (Lipinski definition) is 2. The second-order valence-corrected chi connectivity index (χ2v) is 8.21. The summed E-state index contributed by atoms with van der Waals surface area (Å²) in [5.41, 5.74) is 0. The molecule has 0 aromatic carbocycles. The summed E-state index contributed by atoms with van der Waals surface area (Å²) in [4.78, 5) is 12.1. The van der Waals surface area contributed by atoms with Crippen molar-refractivity contribution in [3.63, 3.8) is 0 Å². The van der Waals surface area contributed by atoms with E-state index in [2.05, 4.69) is 13.8 Å². The van der Waals surface area contributed by atoms with E-state index in [9.17, 15) is 4.79 Å². The molecule has 1 saturated carbocycles. The Kier molecular flexibility index (Phi) is 14.1. The van der Waals surface area contributed by atoms with Gasteiger partial charge >= 0.3 is 5.97 Å². The van der Waals surface area contributed by atoms with Crippen LogP contribution in [0.5, 0.6) is 0 Å². The van der Waals surface area contributed by atoms with Crippen LogP contribution in [0.3, 0.4) is 0 Å². The largest absolute Gasteiger partial charge is 0.462 e. The molecule has 0 aromatic heterocycles. The number of rotatable bonds is 16. The van der Waals surface area contributed by atoms with Crippen LogP contribution >= 0.6 is 0 Å². The van der Waals surface area contributed by atoms with Crippen LogP contribution in [0.25, 0.3) is 0 Å². The molecule has 1 aliphatic carbocycles. The van der Waals surface area contributed by atoms with Crippen molar-refractivity contribution < 1.29 is 9.53 Å². The number of ether oxygens (including phenoxy) is 1. The van der Waals surface area contributed by atoms with Gasteiger partial charge < -0.3 is 4.74 Å². The van der Waals surface area contributed by atoms with Crippen molar-refractivity contribution in [3.8, 4) is 0 Å². The first-order valence-electron chi connectivity index (χ1n) is 11.5. The van der Waals surface area contributed by atoms with Gasteiger partial charge in [0, 0.05) is 6.42 Å². The van der Waals surface area contributed by atoms with E-state index in [1.54, 1.807) is 0 Å². The van der Waals surface area contributed by atoms with Crippen LogP contribution in [0.4, 0.5) is 0 Å². The highest BCUT2D eigenvalue weighted by Gasteiger charge is 2.18. The van der Waals surface area contributed by atoms with Gasteiger partial charge in [-0.15, -0.1) is 0 Å². The smallest absolute Gasteiger partial charge is 0.306 e. The van der Waals surface area contributed by atoms with Gasteiger partial charge in [-0.3, -0.25) is 4.79 Å². The van der Waals surface area contributed by atoms with Gasteiger partial charge in [-0.25, -0.2) is 0 Å². The minimum absolute atomic E-state index is 0.0567. The van der Waals surface area contributed by atoms with Crippen molar-refractivity contribution in [2.24, 2.45) is 5.92 Å². The molecular weight excluding hydrogens is 308 g/mol. The van der Waals surface area contributed by atoms with E-state index in [1.807, 2.05) is 0 Å². The second kappa shape index (κ2) is 15.7. The predicted octanol–water partition coefficient (Wildman–Crippen LogP) is 7.59. The summed E-state index contributed by atoms with van der Waals surface area (Å²) in [7, 11) is 0. The Morgan fingerprint density at radius 3 is 2.04 bits per heavy atom. The highest BCUT2D eigenvalue weighted by molar-refractivity contribution is 5.69. The van der Waals surface area contributed by atoms with E-state index in [-0.39, 0.29) is 12.1 Å². The number of esters is 1. The summed E-state index contributed by atoms with van der Waals surface area (Å²) in [5.74, 6) is 0.843. The third kappa shape index (κ3) is 12.5. The van der Waals surface area contributed by atoms with Gasteiger partial charge in [-0.05, 0) is 31.6 Å². The number of unbranched alkanes of at least 4 members (excludes halogenated alkanes) is 8. The van der Waals surface area contributed by atoms with Crippen molar-refractivity contribution in [3.05, 3.63) is 0 Å². The highest BCUT2D eigenvalue weighted by Crippen LogP contribution is 2.28. The third-order valence-corrected chi connectivity index (χ3v) is 5.77. The molecular formula is C23H44O2. The molecule has 1 unspecified atom stereocenters. The lowest BCUT2D eigenvalue weighted by Gasteiger charge is -2.18. The Hall–Kier alpha value is -0.530. The summed E-state index contributed by atoms with van der Waals surface area (Å²) in [5, 5.41) is 0. The highest BCUT2D eigenvalue weighted by atomic mass is 16.5. The lowest BCUT2D eigenvalue weighted by atomic mass is 10.0. The zero-order chi connectivity index (χ0) is 18.2. The first-order chi connectivity index (χ1) is 12.3. The first kappa shape index (κ1) is 22.5. The fourth-order valence-electron chi connectivity index (χ4n) is 4.13. The Labute approximate surface area is 157 Å². The second-order valence-electron chi connectivity index (χ2n) is 8.21. The van der Waals surface area contributed by atoms with E-state index < -0.39 is 0 Å². The first-order valence-corrected chi connectivity index (χ1v) is 11.5. The van der Waals surface area contributed by atoms with Gasteiger partial charge in [0.15, 0.2) is 0 Å². The Bertz CT molecular complexity index is 307. The van der Waals surface area contributed by atoms with Gasteiger partial charge in [-0.1, -0.05) is 97.3 Å². The van der Waals surface area contributed by atoms with E-state index in [4.69, 9.17) is 4.74 Å². The van der Waals surface area contributed by atoms with Crippen molar-refractivity contribution in [2.45, 2.75) is 136 Å². The van der Waals surface area contributed by atoms with Crippen LogP contribution in [-0.4, -0.2) is 12.1 Å². The molecule has 0 bridgehead atoms. The van der Waals surface area contributed by atoms with Crippen LogP contribution < -0.4 is 0 Å². The maximum atomic E-state index is 12.1. The fourth-order valence-corrected chi connectivity index (χ4v) is 4.13. The van der Waals surface area contributed by atoms with E-state index in [0.717, 1.165) is 31.6 Å². The number of carbonyl (C=O) groups is 1. The van der Waals surface area contributed by atoms with Gasteiger partial charge in [0.2, 0.25) is 0 Å². The minimum atomic E-state index is 0.0567. The third-order valence-electron chi connectivity index (χ3n) is 5.77. The molecule has 2 heteroatoms. The lowest BCUT2D eigenvalue weighted by molar-refractivity contribution is -0.150. The molecule has 0 saturated heterocycles. The van der Waals surface area contributed by atoms with Gasteiger partial charge in [-0.2, -0.15) is 0 Å². The van der Waals surface area contributed by atoms with Gasteiger partial charge in [0.1, 0.15) is 6.10 Å². The van der Waals surface area contributed by atoms with Crippen molar-refractivity contribution in [1.29, 1.82) is 0 Å². The Morgan fingerprint density at radius 2 is 1.44 bits per heavy atom. The summed E-state index contributed by atoms with van der Waals surface area (Å²) < 4.78 is 5.78. The molecule has 1 atom stereocenters. The number of hydrogen-bond donors (Lipinski definition) is 0. The normalized spacial score (nSPS) is 16.2. The monoisotopic (exact) mass is 352 g/mol. The fraction of sp³-hybridized carbons (Fsp3) is 0.957. The summed E-state index contributed by atoms with van der Waals surface area (Å²) in [6.45, 7) is 4.46.